The third-order valence-electron chi connectivity index (χ3n) is 2.29. The van der Waals surface area contributed by atoms with Crippen molar-refractivity contribution in [1.82, 2.24) is 0 Å². The van der Waals surface area contributed by atoms with Gasteiger partial charge in [-0.25, -0.2) is 13.2 Å². The number of benzene rings is 1. The van der Waals surface area contributed by atoms with Gasteiger partial charge < -0.3 is 5.73 Å². The monoisotopic (exact) mass is 240 g/mol. The van der Waals surface area contributed by atoms with Crippen molar-refractivity contribution in [2.75, 3.05) is 0 Å². The highest BCUT2D eigenvalue weighted by molar-refractivity contribution is 5.69. The Morgan fingerprint density at radius 1 is 1.29 bits per heavy atom. The molecule has 2 nitrogen and oxygen atoms in total. The van der Waals surface area contributed by atoms with E-state index >= 15 is 0 Å². The lowest BCUT2D eigenvalue weighted by Gasteiger charge is -2.07. The lowest BCUT2D eigenvalue weighted by Crippen LogP contribution is -2.06. The normalized spacial score (nSPS) is 11.9. The van der Waals surface area contributed by atoms with E-state index in [2.05, 4.69) is 0 Å². The minimum absolute atomic E-state index is 0.147. The standard InChI is InChI=1S/C12H11F3N2/c1-2-3-7(6-16)12(17)8-4-5-9(13)11(15)10(8)14/h4-5H,2-3,17H2,1H3/b12-7-. The molecule has 0 saturated carbocycles. The molecule has 0 bridgehead atoms. The number of halogens is 3. The summed E-state index contributed by atoms with van der Waals surface area (Å²) in [7, 11) is 0. The van der Waals surface area contributed by atoms with Gasteiger partial charge in [-0.15, -0.1) is 0 Å². The van der Waals surface area contributed by atoms with Crippen molar-refractivity contribution in [1.29, 1.82) is 5.26 Å². The highest BCUT2D eigenvalue weighted by Gasteiger charge is 2.16. The Morgan fingerprint density at radius 3 is 2.47 bits per heavy atom. The summed E-state index contributed by atoms with van der Waals surface area (Å²) < 4.78 is 39.1. The summed E-state index contributed by atoms with van der Waals surface area (Å²) in [6.07, 6.45) is 1.01. The van der Waals surface area contributed by atoms with E-state index < -0.39 is 17.5 Å². The van der Waals surface area contributed by atoms with E-state index in [1.165, 1.54) is 0 Å². The molecule has 0 atom stereocenters. The van der Waals surface area contributed by atoms with Crippen LogP contribution in [0, 0.1) is 28.8 Å². The van der Waals surface area contributed by atoms with Gasteiger partial charge in [-0.1, -0.05) is 13.3 Å². The SMILES string of the molecule is CCC/C(C#N)=C(/N)c1ccc(F)c(F)c1F. The van der Waals surface area contributed by atoms with Gasteiger partial charge in [0.2, 0.25) is 0 Å². The van der Waals surface area contributed by atoms with Crippen LogP contribution in [-0.2, 0) is 0 Å². The zero-order valence-corrected chi connectivity index (χ0v) is 9.23. The topological polar surface area (TPSA) is 49.8 Å². The molecule has 90 valence electrons. The molecule has 2 N–H and O–H groups in total. The van der Waals surface area contributed by atoms with Gasteiger partial charge in [-0.2, -0.15) is 5.26 Å². The highest BCUT2D eigenvalue weighted by Crippen LogP contribution is 2.23. The Labute approximate surface area is 97.2 Å². The zero-order valence-electron chi connectivity index (χ0n) is 9.23. The summed E-state index contributed by atoms with van der Waals surface area (Å²) in [5.74, 6) is -4.24. The van der Waals surface area contributed by atoms with E-state index in [1.807, 2.05) is 13.0 Å². The average Bonchev–Trinajstić information content (AvgIpc) is 2.32. The first-order valence-corrected chi connectivity index (χ1v) is 5.05. The third kappa shape index (κ3) is 2.59. The molecule has 0 spiro atoms. The summed E-state index contributed by atoms with van der Waals surface area (Å²) in [6.45, 7) is 1.83. The van der Waals surface area contributed by atoms with Crippen LogP contribution >= 0.6 is 0 Å². The second kappa shape index (κ2) is 5.39. The van der Waals surface area contributed by atoms with Crippen LogP contribution in [0.15, 0.2) is 17.7 Å². The molecule has 1 aromatic carbocycles. The first-order chi connectivity index (χ1) is 8.02. The third-order valence-corrected chi connectivity index (χ3v) is 2.29. The number of hydrogen-bond acceptors (Lipinski definition) is 2. The van der Waals surface area contributed by atoms with Crippen LogP contribution in [-0.4, -0.2) is 0 Å². The van der Waals surface area contributed by atoms with E-state index in [0.29, 0.717) is 12.8 Å². The van der Waals surface area contributed by atoms with E-state index in [1.54, 1.807) is 0 Å². The Balaban J connectivity index is 3.35. The van der Waals surface area contributed by atoms with E-state index in [9.17, 15) is 13.2 Å². The number of allylic oxidation sites excluding steroid dienone is 1. The Kier molecular flexibility index (Phi) is 4.16. The van der Waals surface area contributed by atoms with Gasteiger partial charge in [-0.3, -0.25) is 0 Å². The molecular formula is C12H11F3N2. The summed E-state index contributed by atoms with van der Waals surface area (Å²) in [4.78, 5) is 0. The molecule has 0 unspecified atom stereocenters. The van der Waals surface area contributed by atoms with Crippen LogP contribution in [0.1, 0.15) is 25.3 Å². The molecule has 0 aliphatic rings. The van der Waals surface area contributed by atoms with Crippen molar-refractivity contribution in [3.63, 3.8) is 0 Å². The molecule has 0 amide bonds. The lowest BCUT2D eigenvalue weighted by molar-refractivity contribution is 0.445. The molecule has 1 aromatic rings. The van der Waals surface area contributed by atoms with Gasteiger partial charge >= 0.3 is 0 Å². The maximum absolute atomic E-state index is 13.4. The minimum atomic E-state index is -1.58. The summed E-state index contributed by atoms with van der Waals surface area (Å²) in [5, 5.41) is 8.83. The van der Waals surface area contributed by atoms with Crippen LogP contribution in [0.2, 0.25) is 0 Å². The second-order valence-electron chi connectivity index (χ2n) is 3.48. The van der Waals surface area contributed by atoms with Gasteiger partial charge in [0.05, 0.1) is 17.3 Å². The number of nitrogens with two attached hydrogens (primary N) is 1. The molecule has 0 radical (unpaired) electrons. The van der Waals surface area contributed by atoms with Crippen LogP contribution in [0.5, 0.6) is 0 Å². The predicted octanol–water partition coefficient (Wildman–Crippen LogP) is 3.10. The molecule has 0 heterocycles. The maximum atomic E-state index is 13.4. The number of nitriles is 1. The fourth-order valence-corrected chi connectivity index (χ4v) is 1.40. The van der Waals surface area contributed by atoms with Crippen LogP contribution in [0.4, 0.5) is 13.2 Å². The summed E-state index contributed by atoms with van der Waals surface area (Å²) >= 11 is 0. The fraction of sp³-hybridized carbons (Fsp3) is 0.250. The fourth-order valence-electron chi connectivity index (χ4n) is 1.40. The van der Waals surface area contributed by atoms with E-state index in [-0.39, 0.29) is 16.8 Å². The quantitative estimate of drug-likeness (QED) is 0.652. The molecule has 5 heteroatoms. The first-order valence-electron chi connectivity index (χ1n) is 5.05. The van der Waals surface area contributed by atoms with Crippen molar-refractivity contribution in [3.05, 3.63) is 40.7 Å². The molecule has 17 heavy (non-hydrogen) atoms. The van der Waals surface area contributed by atoms with Crippen molar-refractivity contribution in [3.8, 4) is 6.07 Å². The van der Waals surface area contributed by atoms with Gasteiger partial charge in [-0.05, 0) is 18.6 Å². The highest BCUT2D eigenvalue weighted by atomic mass is 19.2. The van der Waals surface area contributed by atoms with Crippen LogP contribution in [0.3, 0.4) is 0 Å². The number of nitrogens with zero attached hydrogens (tertiary/aromatic N) is 1. The van der Waals surface area contributed by atoms with Crippen LogP contribution in [0.25, 0.3) is 5.70 Å². The number of hydrogen-bond donors (Lipinski definition) is 1. The van der Waals surface area contributed by atoms with E-state index in [4.69, 9.17) is 11.0 Å². The molecule has 0 aliphatic heterocycles. The molecule has 0 fully saturated rings. The lowest BCUT2D eigenvalue weighted by atomic mass is 10.0. The molecule has 0 saturated heterocycles. The maximum Gasteiger partial charge on any atom is 0.195 e. The Hall–Kier alpha value is -1.96. The van der Waals surface area contributed by atoms with Gasteiger partial charge in [0.25, 0.3) is 0 Å². The molecular weight excluding hydrogens is 229 g/mol. The number of rotatable bonds is 3. The summed E-state index contributed by atoms with van der Waals surface area (Å²) in [5.41, 5.74) is 5.32. The summed E-state index contributed by atoms with van der Waals surface area (Å²) in [6, 6.07) is 3.64. The second-order valence-corrected chi connectivity index (χ2v) is 3.48. The largest absolute Gasteiger partial charge is 0.397 e. The van der Waals surface area contributed by atoms with Crippen molar-refractivity contribution in [2.45, 2.75) is 19.8 Å². The van der Waals surface area contributed by atoms with Crippen molar-refractivity contribution < 1.29 is 13.2 Å². The van der Waals surface area contributed by atoms with Crippen molar-refractivity contribution >= 4 is 5.70 Å². The molecule has 0 aliphatic carbocycles. The molecule has 0 aromatic heterocycles. The smallest absolute Gasteiger partial charge is 0.195 e. The predicted molar refractivity (Wildman–Crippen MR) is 57.9 cm³/mol. The first kappa shape index (κ1) is 13.1. The molecule has 1 rings (SSSR count). The Morgan fingerprint density at radius 2 is 1.94 bits per heavy atom. The Bertz CT molecular complexity index is 501. The average molecular weight is 240 g/mol. The zero-order chi connectivity index (χ0) is 13.0. The van der Waals surface area contributed by atoms with Gasteiger partial charge in [0.15, 0.2) is 17.5 Å². The van der Waals surface area contributed by atoms with Crippen LogP contribution < -0.4 is 5.73 Å². The van der Waals surface area contributed by atoms with Gasteiger partial charge in [0.1, 0.15) is 0 Å². The van der Waals surface area contributed by atoms with Gasteiger partial charge in [0, 0.05) is 5.56 Å². The van der Waals surface area contributed by atoms with E-state index in [0.717, 1.165) is 12.1 Å². The van der Waals surface area contributed by atoms with Crippen molar-refractivity contribution in [2.24, 2.45) is 5.73 Å². The minimum Gasteiger partial charge on any atom is -0.397 e.